The zero-order chi connectivity index (χ0) is 40.3. The first-order valence-corrected chi connectivity index (χ1v) is 19.9. The monoisotopic (exact) mass is 790 g/mol. The predicted octanol–water partition coefficient (Wildman–Crippen LogP) is 4.22. The van der Waals surface area contributed by atoms with E-state index in [0.29, 0.717) is 61.7 Å². The number of ether oxygens (including phenoxy) is 7. The second kappa shape index (κ2) is 19.7. The summed E-state index contributed by atoms with van der Waals surface area (Å²) in [5.74, 6) is 1.69. The summed E-state index contributed by atoms with van der Waals surface area (Å²) in [5, 5.41) is 20.1. The summed E-state index contributed by atoms with van der Waals surface area (Å²) in [5.41, 5.74) is 6.01. The molecule has 3 aliphatic heterocycles. The molecule has 57 heavy (non-hydrogen) atoms. The second-order valence-corrected chi connectivity index (χ2v) is 15.4. The van der Waals surface area contributed by atoms with Gasteiger partial charge in [-0.05, 0) is 58.7 Å². The lowest BCUT2D eigenvalue weighted by Crippen LogP contribution is -2.55. The molecule has 0 unspecified atom stereocenters. The molecular formula is C44H58N2O11+2. The van der Waals surface area contributed by atoms with E-state index in [2.05, 4.69) is 19.2 Å². The molecule has 3 aliphatic rings. The Balaban J connectivity index is 0.990. The van der Waals surface area contributed by atoms with Crippen LogP contribution in [0.2, 0.25) is 0 Å². The number of benzene rings is 3. The van der Waals surface area contributed by atoms with Crippen LogP contribution < -0.4 is 18.9 Å². The molecule has 0 radical (unpaired) electrons. The fourth-order valence-electron chi connectivity index (χ4n) is 8.44. The molecule has 0 aromatic heterocycles. The largest absolute Gasteiger partial charge is 0.493 e. The molecule has 3 heterocycles. The maximum Gasteiger partial charge on any atom is 0.331 e. The number of esters is 2. The lowest BCUT2D eigenvalue weighted by atomic mass is 9.84. The highest BCUT2D eigenvalue weighted by Gasteiger charge is 2.39. The van der Waals surface area contributed by atoms with Crippen molar-refractivity contribution < 1.29 is 61.9 Å². The third-order valence-corrected chi connectivity index (χ3v) is 11.7. The minimum atomic E-state index is -0.596. The number of carbonyl (C=O) groups is 2. The van der Waals surface area contributed by atoms with Gasteiger partial charge in [0.1, 0.15) is 38.9 Å². The molecule has 0 saturated carbocycles. The number of hydrogen-bond acceptors (Lipinski definition) is 11. The predicted molar refractivity (Wildman–Crippen MR) is 211 cm³/mol. The number of aliphatic hydroxyl groups excluding tert-OH is 2. The number of hydrogen-bond donors (Lipinski definition) is 2. The maximum absolute atomic E-state index is 12.6. The topological polar surface area (TPSA) is 139 Å². The van der Waals surface area contributed by atoms with Gasteiger partial charge in [-0.3, -0.25) is 0 Å². The van der Waals surface area contributed by atoms with Gasteiger partial charge in [0.25, 0.3) is 0 Å². The fourth-order valence-corrected chi connectivity index (χ4v) is 8.44. The quantitative estimate of drug-likeness (QED) is 0.0830. The average Bonchev–Trinajstić information content (AvgIpc) is 3.24. The summed E-state index contributed by atoms with van der Waals surface area (Å²) in [7, 11) is 5.45. The third kappa shape index (κ3) is 10.6. The number of nitrogens with zero attached hydrogens (tertiary/aromatic N) is 2. The van der Waals surface area contributed by atoms with Gasteiger partial charge in [0.05, 0.1) is 80.5 Å². The van der Waals surface area contributed by atoms with Crippen LogP contribution in [0.5, 0.6) is 23.0 Å². The van der Waals surface area contributed by atoms with Crippen molar-refractivity contribution >= 4 is 11.9 Å². The molecule has 2 N–H and O–H groups in total. The zero-order valence-corrected chi connectivity index (χ0v) is 33.5. The lowest BCUT2D eigenvalue weighted by Gasteiger charge is -2.46. The molecule has 6 rings (SSSR count). The highest BCUT2D eigenvalue weighted by molar-refractivity contribution is 5.91. The molecule has 0 amide bonds. The summed E-state index contributed by atoms with van der Waals surface area (Å²) < 4.78 is 40.7. The van der Waals surface area contributed by atoms with Crippen molar-refractivity contribution in [2.24, 2.45) is 0 Å². The van der Waals surface area contributed by atoms with E-state index in [9.17, 15) is 19.8 Å². The highest BCUT2D eigenvalue weighted by Crippen LogP contribution is 2.40. The smallest absolute Gasteiger partial charge is 0.331 e. The minimum absolute atomic E-state index is 0.0312. The number of morpholine rings is 1. The average molecular weight is 791 g/mol. The molecule has 13 heteroatoms. The van der Waals surface area contributed by atoms with E-state index in [1.807, 2.05) is 36.4 Å². The standard InChI is InChI=1S/C44H58N2O11/c1-45(15-12-34-27-35(30-47)36(31-48)28-37(34)38(45)24-32-6-8-39(51-2)41(25-32)52-3)13-4-18-56-43(49)10-11-44(50)57-19-5-14-46(16-20-53-21-17-46)29-33-7-9-40-42(26-33)55-23-22-54-40/h6-11,25-28,38,47-48H,4-5,12-24,29-31H2,1-3H3/q+2/t38-,45-/m1/s1. The number of methoxy groups -OCH3 is 2. The minimum Gasteiger partial charge on any atom is -0.493 e. The molecule has 0 aliphatic carbocycles. The van der Waals surface area contributed by atoms with Crippen molar-refractivity contribution in [2.75, 3.05) is 93.6 Å². The number of aliphatic hydroxyl groups is 2. The van der Waals surface area contributed by atoms with Gasteiger partial charge in [-0.25, -0.2) is 9.59 Å². The number of likely N-dealkylation sites (N-methyl/N-ethyl adjacent to an activating group) is 1. The van der Waals surface area contributed by atoms with Gasteiger partial charge >= 0.3 is 11.9 Å². The summed E-state index contributed by atoms with van der Waals surface area (Å²) in [6.07, 6.45) is 5.05. The Morgan fingerprint density at radius 3 is 2.09 bits per heavy atom. The highest BCUT2D eigenvalue weighted by atomic mass is 16.6. The van der Waals surface area contributed by atoms with E-state index in [1.165, 1.54) is 11.1 Å². The molecular weight excluding hydrogens is 732 g/mol. The Kier molecular flexibility index (Phi) is 14.5. The first-order chi connectivity index (χ1) is 27.7. The van der Waals surface area contributed by atoms with Gasteiger partial charge in [0.15, 0.2) is 23.0 Å². The second-order valence-electron chi connectivity index (χ2n) is 15.4. The molecule has 3 aromatic carbocycles. The summed E-state index contributed by atoms with van der Waals surface area (Å²) in [6.45, 7) is 7.56. The molecule has 13 nitrogen and oxygen atoms in total. The Bertz CT molecular complexity index is 1870. The van der Waals surface area contributed by atoms with Gasteiger partial charge < -0.3 is 52.3 Å². The van der Waals surface area contributed by atoms with E-state index >= 15 is 0 Å². The molecule has 308 valence electrons. The van der Waals surface area contributed by atoms with Gasteiger partial charge in [0.2, 0.25) is 0 Å². The van der Waals surface area contributed by atoms with Crippen molar-refractivity contribution in [1.82, 2.24) is 0 Å². The van der Waals surface area contributed by atoms with Crippen molar-refractivity contribution in [1.29, 1.82) is 0 Å². The lowest BCUT2D eigenvalue weighted by molar-refractivity contribution is -0.947. The van der Waals surface area contributed by atoms with Crippen LogP contribution in [-0.4, -0.2) is 125 Å². The molecule has 1 saturated heterocycles. The van der Waals surface area contributed by atoms with E-state index < -0.39 is 11.9 Å². The molecule has 2 atom stereocenters. The van der Waals surface area contributed by atoms with Crippen LogP contribution in [0, 0.1) is 0 Å². The Labute approximate surface area is 335 Å². The van der Waals surface area contributed by atoms with Crippen LogP contribution in [0.4, 0.5) is 0 Å². The Hall–Kier alpha value is -4.66. The van der Waals surface area contributed by atoms with Crippen LogP contribution in [0.3, 0.4) is 0 Å². The summed E-state index contributed by atoms with van der Waals surface area (Å²) >= 11 is 0. The van der Waals surface area contributed by atoms with Crippen LogP contribution in [0.25, 0.3) is 0 Å². The van der Waals surface area contributed by atoms with Gasteiger partial charge in [-0.2, -0.15) is 0 Å². The van der Waals surface area contributed by atoms with Crippen molar-refractivity contribution in [2.45, 2.75) is 51.5 Å². The first kappa shape index (κ1) is 42.0. The van der Waals surface area contributed by atoms with Gasteiger partial charge in [0, 0.05) is 49.0 Å². The van der Waals surface area contributed by atoms with Gasteiger partial charge in [-0.15, -0.1) is 0 Å². The Morgan fingerprint density at radius 1 is 0.754 bits per heavy atom. The SMILES string of the molecule is COc1ccc(C[C@@H]2c3cc(CO)c(CO)cc3CC[N@@+]2(C)CCCOC(=O)C=CC(=O)OCCC[N+]2(Cc3ccc4c(c3)OCCO4)CCOCC2)cc1OC. The maximum atomic E-state index is 12.6. The van der Waals surface area contributed by atoms with E-state index in [4.69, 9.17) is 33.2 Å². The van der Waals surface area contributed by atoms with Crippen molar-refractivity contribution in [3.05, 3.63) is 94.1 Å². The fraction of sp³-hybridized carbons (Fsp3) is 0.500. The first-order valence-electron chi connectivity index (χ1n) is 19.9. The van der Waals surface area contributed by atoms with E-state index in [0.717, 1.165) is 96.1 Å². The van der Waals surface area contributed by atoms with E-state index in [-0.39, 0.29) is 32.5 Å². The molecule has 3 aromatic rings. The number of quaternary nitrogens is 2. The van der Waals surface area contributed by atoms with Crippen LogP contribution in [0.15, 0.2) is 60.7 Å². The van der Waals surface area contributed by atoms with Crippen LogP contribution in [0.1, 0.15) is 52.3 Å². The number of carbonyl (C=O) groups excluding carboxylic acids is 2. The summed E-state index contributed by atoms with van der Waals surface area (Å²) in [4.78, 5) is 25.1. The van der Waals surface area contributed by atoms with Crippen molar-refractivity contribution in [3.8, 4) is 23.0 Å². The van der Waals surface area contributed by atoms with Crippen molar-refractivity contribution in [3.63, 3.8) is 0 Å². The number of rotatable bonds is 18. The molecule has 0 spiro atoms. The molecule has 1 fully saturated rings. The molecule has 0 bridgehead atoms. The normalized spacial score (nSPS) is 19.8. The third-order valence-electron chi connectivity index (χ3n) is 11.7. The summed E-state index contributed by atoms with van der Waals surface area (Å²) in [6, 6.07) is 16.2. The van der Waals surface area contributed by atoms with E-state index in [1.54, 1.807) is 14.2 Å². The Morgan fingerprint density at radius 2 is 1.40 bits per heavy atom. The number of fused-ring (bicyclic) bond motifs is 2. The zero-order valence-electron chi connectivity index (χ0n) is 33.5. The van der Waals surface area contributed by atoms with Crippen LogP contribution in [-0.2, 0) is 56.4 Å². The van der Waals surface area contributed by atoms with Gasteiger partial charge in [-0.1, -0.05) is 12.1 Å². The van der Waals surface area contributed by atoms with Crippen LogP contribution >= 0.6 is 0 Å².